The van der Waals surface area contributed by atoms with Gasteiger partial charge in [-0.1, -0.05) is 25.8 Å². The number of rotatable bonds is 4. The molecule has 0 aromatic heterocycles. The summed E-state index contributed by atoms with van der Waals surface area (Å²) in [5.74, 6) is 0.239. The van der Waals surface area contributed by atoms with Crippen LogP contribution in [0.4, 0.5) is 11.4 Å². The number of hydrogen-bond acceptors (Lipinski definition) is 2. The molecule has 1 heterocycles. The molecular weight excluding hydrogens is 212 g/mol. The van der Waals surface area contributed by atoms with Crippen LogP contribution in [0.5, 0.6) is 0 Å². The molecule has 1 aromatic rings. The molecule has 0 aliphatic carbocycles. The number of anilines is 2. The maximum atomic E-state index is 12.1. The number of nitrogen functional groups attached to an aromatic ring is 1. The number of amides is 1. The first kappa shape index (κ1) is 12.0. The number of benzene rings is 1. The van der Waals surface area contributed by atoms with Gasteiger partial charge in [-0.2, -0.15) is 0 Å². The molecule has 0 spiro atoms. The lowest BCUT2D eigenvalue weighted by molar-refractivity contribution is -0.118. The lowest BCUT2D eigenvalue weighted by atomic mass is 10.1. The van der Waals surface area contributed by atoms with Crippen molar-refractivity contribution in [2.45, 2.75) is 39.0 Å². The lowest BCUT2D eigenvalue weighted by Gasteiger charge is -2.17. The van der Waals surface area contributed by atoms with Gasteiger partial charge in [0.05, 0.1) is 0 Å². The maximum Gasteiger partial charge on any atom is 0.226 e. The van der Waals surface area contributed by atoms with Crippen LogP contribution in [0.25, 0.3) is 0 Å². The summed E-state index contributed by atoms with van der Waals surface area (Å²) < 4.78 is 0. The first-order chi connectivity index (χ1) is 8.22. The summed E-state index contributed by atoms with van der Waals surface area (Å²) in [6.45, 7) is 2.96. The molecule has 2 N–H and O–H groups in total. The predicted octanol–water partition coefficient (Wildman–Crippen LogP) is 2.74. The zero-order valence-electron chi connectivity index (χ0n) is 10.4. The Morgan fingerprint density at radius 3 is 3.00 bits per heavy atom. The summed E-state index contributed by atoms with van der Waals surface area (Å²) in [6, 6.07) is 5.86. The topological polar surface area (TPSA) is 46.3 Å². The molecule has 1 amide bonds. The minimum atomic E-state index is 0.239. The van der Waals surface area contributed by atoms with E-state index in [1.807, 2.05) is 23.1 Å². The second kappa shape index (κ2) is 5.21. The van der Waals surface area contributed by atoms with Crippen LogP contribution in [-0.2, 0) is 11.2 Å². The number of unbranched alkanes of at least 4 members (excludes halogenated alkanes) is 2. The van der Waals surface area contributed by atoms with Crippen molar-refractivity contribution < 1.29 is 4.79 Å². The quantitative estimate of drug-likeness (QED) is 0.641. The largest absolute Gasteiger partial charge is 0.399 e. The molecular formula is C14H20N2O. The van der Waals surface area contributed by atoms with Crippen LogP contribution < -0.4 is 10.6 Å². The maximum absolute atomic E-state index is 12.1. The highest BCUT2D eigenvalue weighted by Gasteiger charge is 2.23. The third-order valence-electron chi connectivity index (χ3n) is 3.30. The molecule has 3 heteroatoms. The van der Waals surface area contributed by atoms with Crippen molar-refractivity contribution in [3.63, 3.8) is 0 Å². The minimum Gasteiger partial charge on any atom is -0.399 e. The number of carbonyl (C=O) groups excluding carboxylic acids is 1. The van der Waals surface area contributed by atoms with Crippen LogP contribution >= 0.6 is 0 Å². The summed E-state index contributed by atoms with van der Waals surface area (Å²) in [4.78, 5) is 14.0. The molecule has 0 unspecified atom stereocenters. The van der Waals surface area contributed by atoms with Crippen molar-refractivity contribution in [2.24, 2.45) is 0 Å². The molecule has 0 fully saturated rings. The van der Waals surface area contributed by atoms with Gasteiger partial charge in [0.15, 0.2) is 0 Å². The molecule has 0 saturated heterocycles. The molecule has 1 aliphatic heterocycles. The van der Waals surface area contributed by atoms with E-state index in [9.17, 15) is 4.79 Å². The summed E-state index contributed by atoms with van der Waals surface area (Å²) in [5.41, 5.74) is 8.77. The van der Waals surface area contributed by atoms with Gasteiger partial charge < -0.3 is 10.6 Å². The second-order valence-electron chi connectivity index (χ2n) is 4.64. The van der Waals surface area contributed by atoms with Gasteiger partial charge in [-0.25, -0.2) is 0 Å². The Bertz CT molecular complexity index is 415. The van der Waals surface area contributed by atoms with Crippen LogP contribution in [0.1, 0.15) is 38.2 Å². The van der Waals surface area contributed by atoms with E-state index < -0.39 is 0 Å². The van der Waals surface area contributed by atoms with E-state index in [0.717, 1.165) is 43.6 Å². The Kier molecular flexibility index (Phi) is 3.67. The van der Waals surface area contributed by atoms with E-state index in [4.69, 9.17) is 5.73 Å². The predicted molar refractivity (Wildman–Crippen MR) is 71.1 cm³/mol. The van der Waals surface area contributed by atoms with Gasteiger partial charge in [0, 0.05) is 24.3 Å². The Labute approximate surface area is 103 Å². The standard InChI is InChI=1S/C14H20N2O/c1-2-3-4-5-14(17)16-9-8-11-6-7-12(15)10-13(11)16/h6-7,10H,2-5,8-9,15H2,1H3. The first-order valence-corrected chi connectivity index (χ1v) is 6.41. The average Bonchev–Trinajstić information content (AvgIpc) is 2.72. The van der Waals surface area contributed by atoms with Crippen LogP contribution in [0, 0.1) is 0 Å². The van der Waals surface area contributed by atoms with Crippen molar-refractivity contribution in [1.29, 1.82) is 0 Å². The molecule has 2 rings (SSSR count). The number of nitrogens with two attached hydrogens (primary N) is 1. The van der Waals surface area contributed by atoms with Crippen molar-refractivity contribution in [3.05, 3.63) is 23.8 Å². The van der Waals surface area contributed by atoms with Crippen LogP contribution in [0.15, 0.2) is 18.2 Å². The minimum absolute atomic E-state index is 0.239. The van der Waals surface area contributed by atoms with E-state index in [0.29, 0.717) is 6.42 Å². The average molecular weight is 232 g/mol. The van der Waals surface area contributed by atoms with E-state index in [2.05, 4.69) is 6.92 Å². The van der Waals surface area contributed by atoms with Crippen molar-refractivity contribution in [3.8, 4) is 0 Å². The number of hydrogen-bond donors (Lipinski definition) is 1. The van der Waals surface area contributed by atoms with Gasteiger partial charge in [0.2, 0.25) is 5.91 Å². The molecule has 1 aliphatic rings. The third-order valence-corrected chi connectivity index (χ3v) is 3.30. The molecule has 17 heavy (non-hydrogen) atoms. The zero-order chi connectivity index (χ0) is 12.3. The van der Waals surface area contributed by atoms with Gasteiger partial charge in [0.1, 0.15) is 0 Å². The van der Waals surface area contributed by atoms with Gasteiger partial charge in [-0.15, -0.1) is 0 Å². The summed E-state index contributed by atoms with van der Waals surface area (Å²) in [5, 5.41) is 0. The molecule has 0 radical (unpaired) electrons. The highest BCUT2D eigenvalue weighted by Crippen LogP contribution is 2.30. The summed E-state index contributed by atoms with van der Waals surface area (Å²) >= 11 is 0. The monoisotopic (exact) mass is 232 g/mol. The van der Waals surface area contributed by atoms with Gasteiger partial charge in [-0.3, -0.25) is 4.79 Å². The molecule has 92 valence electrons. The fourth-order valence-corrected chi connectivity index (χ4v) is 2.32. The Hall–Kier alpha value is -1.51. The molecule has 0 saturated carbocycles. The Balaban J connectivity index is 2.05. The lowest BCUT2D eigenvalue weighted by Crippen LogP contribution is -2.28. The third kappa shape index (κ3) is 2.60. The van der Waals surface area contributed by atoms with E-state index in [-0.39, 0.29) is 5.91 Å². The molecule has 1 aromatic carbocycles. The number of carbonyl (C=O) groups is 1. The Morgan fingerprint density at radius 1 is 1.41 bits per heavy atom. The Morgan fingerprint density at radius 2 is 2.24 bits per heavy atom. The number of fused-ring (bicyclic) bond motifs is 1. The van der Waals surface area contributed by atoms with Gasteiger partial charge in [0.25, 0.3) is 0 Å². The molecule has 3 nitrogen and oxygen atoms in total. The smallest absolute Gasteiger partial charge is 0.226 e. The normalized spacial score (nSPS) is 13.8. The SMILES string of the molecule is CCCCCC(=O)N1CCc2ccc(N)cc21. The fraction of sp³-hybridized carbons (Fsp3) is 0.500. The first-order valence-electron chi connectivity index (χ1n) is 6.41. The molecule has 0 bridgehead atoms. The fourth-order valence-electron chi connectivity index (χ4n) is 2.32. The van der Waals surface area contributed by atoms with Crippen LogP contribution in [0.3, 0.4) is 0 Å². The molecule has 0 atom stereocenters. The van der Waals surface area contributed by atoms with Crippen LogP contribution in [0.2, 0.25) is 0 Å². The van der Waals surface area contributed by atoms with E-state index in [1.54, 1.807) is 0 Å². The highest BCUT2D eigenvalue weighted by atomic mass is 16.2. The van der Waals surface area contributed by atoms with Crippen molar-refractivity contribution in [1.82, 2.24) is 0 Å². The zero-order valence-corrected chi connectivity index (χ0v) is 10.4. The summed E-state index contributed by atoms with van der Waals surface area (Å²) in [7, 11) is 0. The van der Waals surface area contributed by atoms with Crippen LogP contribution in [-0.4, -0.2) is 12.5 Å². The van der Waals surface area contributed by atoms with E-state index in [1.165, 1.54) is 5.56 Å². The van der Waals surface area contributed by atoms with Crippen molar-refractivity contribution >= 4 is 17.3 Å². The van der Waals surface area contributed by atoms with E-state index >= 15 is 0 Å². The van der Waals surface area contributed by atoms with Gasteiger partial charge in [-0.05, 0) is 30.5 Å². The second-order valence-corrected chi connectivity index (χ2v) is 4.64. The highest BCUT2D eigenvalue weighted by molar-refractivity contribution is 5.95. The van der Waals surface area contributed by atoms with Crippen molar-refractivity contribution in [2.75, 3.05) is 17.2 Å². The van der Waals surface area contributed by atoms with Gasteiger partial charge >= 0.3 is 0 Å². The summed E-state index contributed by atoms with van der Waals surface area (Å²) in [6.07, 6.45) is 4.88. The number of nitrogens with zero attached hydrogens (tertiary/aromatic N) is 1.